The summed E-state index contributed by atoms with van der Waals surface area (Å²) in [5, 5.41) is 14.3. The third kappa shape index (κ3) is 5.94. The molecule has 14 nitrogen and oxygen atoms in total. The van der Waals surface area contributed by atoms with Crippen LogP contribution in [0.5, 0.6) is 11.6 Å². The lowest BCUT2D eigenvalue weighted by Gasteiger charge is -2.27. The highest BCUT2D eigenvalue weighted by Gasteiger charge is 2.33. The van der Waals surface area contributed by atoms with Crippen molar-refractivity contribution in [1.29, 1.82) is 0 Å². The second-order valence-corrected chi connectivity index (χ2v) is 16.5. The van der Waals surface area contributed by atoms with Crippen molar-refractivity contribution >= 4 is 85.6 Å². The highest BCUT2D eigenvalue weighted by Crippen LogP contribution is 2.45. The van der Waals surface area contributed by atoms with Crippen LogP contribution >= 0.6 is 0 Å². The quantitative estimate of drug-likeness (QED) is 0.0920. The molecule has 9 heterocycles. The van der Waals surface area contributed by atoms with Crippen molar-refractivity contribution < 1.29 is 23.9 Å². The number of rotatable bonds is 5. The first-order chi connectivity index (χ1) is 31.1. The number of aromatic amines is 2. The Morgan fingerprint density at radius 1 is 0.656 bits per heavy atom. The number of amides is 3. The van der Waals surface area contributed by atoms with Crippen LogP contribution in [0.4, 0.5) is 22.7 Å². The molecule has 0 fully saturated rings. The zero-order chi connectivity index (χ0) is 43.4. The molecule has 0 spiro atoms. The van der Waals surface area contributed by atoms with E-state index >= 15 is 0 Å². The minimum atomic E-state index is -1.00. The molecule has 6 N–H and O–H groups in total. The number of hydrogen-bond acceptors (Lipinski definition) is 9. The molecule has 8 aromatic rings. The number of carbonyl (C=O) groups excluding carboxylic acids is 3. The summed E-state index contributed by atoms with van der Waals surface area (Å²) in [6.45, 7) is 7.29. The molecule has 0 bridgehead atoms. The summed E-state index contributed by atoms with van der Waals surface area (Å²) < 4.78 is 12.1. The molecule has 0 radical (unpaired) electrons. The average molecular weight is 844 g/mol. The zero-order valence-electron chi connectivity index (χ0n) is 34.7. The van der Waals surface area contributed by atoms with Crippen LogP contribution in [0.25, 0.3) is 67.4 Å². The lowest BCUT2D eigenvalue weighted by atomic mass is 9.93. The molecule has 14 heteroatoms. The molecule has 4 aliphatic rings. The van der Waals surface area contributed by atoms with Crippen LogP contribution in [-0.4, -0.2) is 55.8 Å². The predicted octanol–water partition coefficient (Wildman–Crippen LogP) is 8.96. The fraction of sp³-hybridized carbons (Fsp3) is 0.120. The number of nitrogens with zero attached hydrogens (tertiary/aromatic N) is 3. The molecule has 5 aromatic heterocycles. The van der Waals surface area contributed by atoms with E-state index in [1.165, 1.54) is 0 Å². The second-order valence-electron chi connectivity index (χ2n) is 16.5. The van der Waals surface area contributed by atoms with Gasteiger partial charge in [0, 0.05) is 92.6 Å². The molecular weight excluding hydrogens is 807 g/mol. The van der Waals surface area contributed by atoms with Crippen LogP contribution in [0.15, 0.2) is 91.5 Å². The van der Waals surface area contributed by atoms with Gasteiger partial charge >= 0.3 is 0 Å². The van der Waals surface area contributed by atoms with E-state index in [9.17, 15) is 14.4 Å². The first-order valence-corrected chi connectivity index (χ1v) is 20.9. The van der Waals surface area contributed by atoms with E-state index in [1.54, 1.807) is 24.7 Å². The second kappa shape index (κ2) is 14.0. The fourth-order valence-electron chi connectivity index (χ4n) is 9.26. The number of nitrogens with one attached hydrogen (secondary N) is 6. The number of ether oxygens (including phenoxy) is 2. The molecule has 1 unspecified atom stereocenters. The smallest absolute Gasteiger partial charge is 0.271 e. The van der Waals surface area contributed by atoms with E-state index in [0.29, 0.717) is 53.0 Å². The van der Waals surface area contributed by atoms with Crippen molar-refractivity contribution in [3.8, 4) is 33.9 Å². The summed E-state index contributed by atoms with van der Waals surface area (Å²) in [5.74, 6) is 0.377. The number of carbonyl (C=O) groups is 3. The van der Waals surface area contributed by atoms with E-state index in [4.69, 9.17) is 9.47 Å². The third-order valence-corrected chi connectivity index (χ3v) is 12.5. The molecule has 12 rings (SSSR count). The standard InChI is InChI=1S/C50H37N9O5/c1-23-12-41-34(18-32(23)37-22-54-50-45(25(37)3)52-10-11-63-50)36(48(61)58-41)17-30-14-28-21-53-42(19-40(28)56-30)46-49(62)59-44-24(2)31(5-7-43(44)64-46)26-4-6-39-33(15-26)35(47(60)57-39)16-29-13-27-20-51-9-8-38(27)55-29/h4-9,12-22,46,52,55-56H,10-11H2,1-3H3,(H,57,60)(H,58,61)(H,59,62)/b35-16-,36-17-. The van der Waals surface area contributed by atoms with Crippen molar-refractivity contribution in [3.63, 3.8) is 0 Å². The van der Waals surface area contributed by atoms with Crippen LogP contribution in [0.2, 0.25) is 0 Å². The molecule has 0 saturated carbocycles. The molecule has 0 aliphatic carbocycles. The maximum absolute atomic E-state index is 13.8. The summed E-state index contributed by atoms with van der Waals surface area (Å²) in [5.41, 5.74) is 15.7. The molecule has 3 aromatic carbocycles. The SMILES string of the molecule is Cc1cc2c(cc1-c1cnc3c(c1C)NCCO3)/C(=C/c1cc3cnc(C4Oc5ccc(-c6ccc7c(c6)/C(=C/c6cc8cnccc8[nH]6)C(=O)N7)c(C)c5NC4=O)cc3[nH]1)C(=O)N2. The van der Waals surface area contributed by atoms with Crippen molar-refractivity contribution in [2.45, 2.75) is 26.9 Å². The number of aromatic nitrogens is 5. The van der Waals surface area contributed by atoms with Crippen molar-refractivity contribution in [2.24, 2.45) is 0 Å². The van der Waals surface area contributed by atoms with Gasteiger partial charge in [-0.05, 0) is 121 Å². The number of H-pyrrole nitrogens is 2. The highest BCUT2D eigenvalue weighted by atomic mass is 16.5. The molecule has 1 atom stereocenters. The third-order valence-electron chi connectivity index (χ3n) is 12.5. The van der Waals surface area contributed by atoms with Crippen LogP contribution < -0.4 is 30.7 Å². The van der Waals surface area contributed by atoms with E-state index in [1.807, 2.05) is 99.8 Å². The van der Waals surface area contributed by atoms with Crippen molar-refractivity contribution in [1.82, 2.24) is 24.9 Å². The van der Waals surface area contributed by atoms with Crippen LogP contribution in [0, 0.1) is 20.8 Å². The lowest BCUT2D eigenvalue weighted by Crippen LogP contribution is -2.31. The first-order valence-electron chi connectivity index (χ1n) is 20.9. The monoisotopic (exact) mass is 843 g/mol. The lowest BCUT2D eigenvalue weighted by molar-refractivity contribution is -0.124. The number of hydrogen-bond donors (Lipinski definition) is 6. The summed E-state index contributed by atoms with van der Waals surface area (Å²) in [7, 11) is 0. The van der Waals surface area contributed by atoms with Crippen LogP contribution in [-0.2, 0) is 14.4 Å². The largest absolute Gasteiger partial charge is 0.474 e. The van der Waals surface area contributed by atoms with Gasteiger partial charge in [0.1, 0.15) is 18.0 Å². The Morgan fingerprint density at radius 2 is 1.41 bits per heavy atom. The summed E-state index contributed by atoms with van der Waals surface area (Å²) in [6, 6.07) is 21.3. The van der Waals surface area contributed by atoms with Crippen LogP contribution in [0.1, 0.15) is 51.0 Å². The van der Waals surface area contributed by atoms with Gasteiger partial charge < -0.3 is 40.7 Å². The molecule has 312 valence electrons. The highest BCUT2D eigenvalue weighted by molar-refractivity contribution is 6.36. The zero-order valence-corrected chi connectivity index (χ0v) is 34.7. The molecule has 0 saturated heterocycles. The van der Waals surface area contributed by atoms with Crippen molar-refractivity contribution in [2.75, 3.05) is 34.4 Å². The average Bonchev–Trinajstić information content (AvgIpc) is 4.06. The summed E-state index contributed by atoms with van der Waals surface area (Å²) in [6.07, 6.45) is 9.71. The predicted molar refractivity (Wildman–Crippen MR) is 247 cm³/mol. The molecule has 4 aliphatic heterocycles. The maximum atomic E-state index is 13.8. The number of fused-ring (bicyclic) bond motifs is 6. The number of benzene rings is 3. The Labute approximate surface area is 364 Å². The van der Waals surface area contributed by atoms with E-state index in [-0.39, 0.29) is 17.7 Å². The summed E-state index contributed by atoms with van der Waals surface area (Å²) in [4.78, 5) is 60.5. The van der Waals surface area contributed by atoms with Gasteiger partial charge in [0.2, 0.25) is 12.0 Å². The van der Waals surface area contributed by atoms with Gasteiger partial charge in [0.15, 0.2) is 0 Å². The molecule has 64 heavy (non-hydrogen) atoms. The fourth-order valence-corrected chi connectivity index (χ4v) is 9.26. The Hall–Kier alpha value is -8.52. The van der Waals surface area contributed by atoms with Crippen molar-refractivity contribution in [3.05, 3.63) is 136 Å². The number of pyridine rings is 3. The van der Waals surface area contributed by atoms with Gasteiger partial charge in [-0.1, -0.05) is 12.1 Å². The number of aryl methyl sites for hydroxylation is 1. The first kappa shape index (κ1) is 37.3. The Morgan fingerprint density at radius 3 is 2.22 bits per heavy atom. The minimum absolute atomic E-state index is 0.183. The van der Waals surface area contributed by atoms with Gasteiger partial charge in [-0.3, -0.25) is 24.4 Å². The van der Waals surface area contributed by atoms with Gasteiger partial charge in [-0.25, -0.2) is 4.98 Å². The van der Waals surface area contributed by atoms with E-state index in [2.05, 4.69) is 46.2 Å². The van der Waals surface area contributed by atoms with E-state index in [0.717, 1.165) is 94.6 Å². The minimum Gasteiger partial charge on any atom is -0.474 e. The van der Waals surface area contributed by atoms with Gasteiger partial charge in [-0.15, -0.1) is 0 Å². The Bertz CT molecular complexity index is 3440. The van der Waals surface area contributed by atoms with Gasteiger partial charge in [0.25, 0.3) is 17.7 Å². The number of anilines is 4. The normalized spacial score (nSPS) is 17.3. The van der Waals surface area contributed by atoms with Gasteiger partial charge in [0.05, 0.1) is 22.5 Å². The molecular formula is C50H37N9O5. The summed E-state index contributed by atoms with van der Waals surface area (Å²) >= 11 is 0. The topological polar surface area (TPSA) is 188 Å². The Kier molecular flexibility index (Phi) is 8.15. The van der Waals surface area contributed by atoms with E-state index < -0.39 is 6.10 Å². The maximum Gasteiger partial charge on any atom is 0.271 e. The molecule has 3 amide bonds. The van der Waals surface area contributed by atoms with Gasteiger partial charge in [-0.2, -0.15) is 0 Å². The Balaban J connectivity index is 0.815. The van der Waals surface area contributed by atoms with Crippen LogP contribution in [0.3, 0.4) is 0 Å².